The molecule has 1 unspecified atom stereocenters. The van der Waals surface area contributed by atoms with Crippen molar-refractivity contribution in [3.63, 3.8) is 0 Å². The third-order valence-electron chi connectivity index (χ3n) is 5.78. The maximum absolute atomic E-state index is 12.8. The van der Waals surface area contributed by atoms with Crippen LogP contribution in [0.1, 0.15) is 35.4 Å². The Hall–Kier alpha value is -2.99. The summed E-state index contributed by atoms with van der Waals surface area (Å²) in [6.45, 7) is 8.40. The number of piperidine rings is 1. The Morgan fingerprint density at radius 1 is 1.13 bits per heavy atom. The summed E-state index contributed by atoms with van der Waals surface area (Å²) in [6, 6.07) is 14.1. The molecule has 6 nitrogen and oxygen atoms in total. The molecule has 0 saturated carbocycles. The van der Waals surface area contributed by atoms with Gasteiger partial charge in [0.1, 0.15) is 0 Å². The Bertz CT molecular complexity index is 1030. The number of anilines is 1. The molecule has 1 aliphatic heterocycles. The van der Waals surface area contributed by atoms with Crippen molar-refractivity contribution in [2.45, 2.75) is 40.2 Å². The van der Waals surface area contributed by atoms with E-state index in [0.717, 1.165) is 30.6 Å². The lowest BCUT2D eigenvalue weighted by Crippen LogP contribution is -2.40. The fourth-order valence-corrected chi connectivity index (χ4v) is 3.81. The lowest BCUT2D eigenvalue weighted by molar-refractivity contribution is -0.121. The maximum Gasteiger partial charge on any atom is 0.257 e. The zero-order chi connectivity index (χ0) is 21.1. The smallest absolute Gasteiger partial charge is 0.257 e. The number of carbonyl (C=O) groups is 1. The number of amides is 1. The van der Waals surface area contributed by atoms with E-state index in [1.165, 1.54) is 16.7 Å². The van der Waals surface area contributed by atoms with Gasteiger partial charge in [-0.1, -0.05) is 28.9 Å². The Kier molecular flexibility index (Phi) is 5.95. The van der Waals surface area contributed by atoms with Crippen LogP contribution in [-0.2, 0) is 11.3 Å². The summed E-state index contributed by atoms with van der Waals surface area (Å²) in [4.78, 5) is 19.6. The SMILES string of the molecule is Cc1ccc(-c2nc(CN3CCCC(C(=O)Nc4ccc(C)c(C)c4)C3)no2)cc1. The van der Waals surface area contributed by atoms with Crippen molar-refractivity contribution >= 4 is 11.6 Å². The molecule has 0 aliphatic carbocycles. The minimum Gasteiger partial charge on any atom is -0.334 e. The molecule has 1 N–H and O–H groups in total. The molecule has 156 valence electrons. The normalized spacial score (nSPS) is 17.1. The first kappa shape index (κ1) is 20.3. The van der Waals surface area contributed by atoms with Crippen molar-refractivity contribution in [2.24, 2.45) is 5.92 Å². The number of carbonyl (C=O) groups excluding carboxylic acids is 1. The van der Waals surface area contributed by atoms with Gasteiger partial charge in [-0.15, -0.1) is 0 Å². The van der Waals surface area contributed by atoms with Crippen LogP contribution in [0, 0.1) is 26.7 Å². The number of likely N-dealkylation sites (tertiary alicyclic amines) is 1. The van der Waals surface area contributed by atoms with Gasteiger partial charge in [0.05, 0.1) is 12.5 Å². The first-order chi connectivity index (χ1) is 14.5. The standard InChI is InChI=1S/C24H28N4O2/c1-16-6-9-19(10-7-16)24-26-22(27-30-24)15-28-12-4-5-20(14-28)23(29)25-21-11-8-17(2)18(3)13-21/h6-11,13,20H,4-5,12,14-15H2,1-3H3,(H,25,29). The van der Waals surface area contributed by atoms with Crippen LogP contribution in [0.5, 0.6) is 0 Å². The topological polar surface area (TPSA) is 71.3 Å². The van der Waals surface area contributed by atoms with E-state index in [1.807, 2.05) is 49.4 Å². The Balaban J connectivity index is 1.36. The minimum atomic E-state index is -0.0381. The fourth-order valence-electron chi connectivity index (χ4n) is 3.81. The molecule has 0 spiro atoms. The summed E-state index contributed by atoms with van der Waals surface area (Å²) in [5.41, 5.74) is 5.38. The van der Waals surface area contributed by atoms with E-state index in [9.17, 15) is 4.79 Å². The van der Waals surface area contributed by atoms with Gasteiger partial charge in [-0.2, -0.15) is 4.98 Å². The molecule has 6 heteroatoms. The van der Waals surface area contributed by atoms with Crippen molar-refractivity contribution in [2.75, 3.05) is 18.4 Å². The second kappa shape index (κ2) is 8.79. The second-order valence-corrected chi connectivity index (χ2v) is 8.24. The number of rotatable bonds is 5. The van der Waals surface area contributed by atoms with Crippen molar-refractivity contribution in [1.29, 1.82) is 0 Å². The number of nitrogens with one attached hydrogen (secondary N) is 1. The van der Waals surface area contributed by atoms with Gasteiger partial charge in [0.15, 0.2) is 5.82 Å². The van der Waals surface area contributed by atoms with Gasteiger partial charge in [0, 0.05) is 17.8 Å². The number of aromatic nitrogens is 2. The van der Waals surface area contributed by atoms with Gasteiger partial charge in [-0.3, -0.25) is 9.69 Å². The van der Waals surface area contributed by atoms with Crippen molar-refractivity contribution in [3.05, 3.63) is 65.0 Å². The highest BCUT2D eigenvalue weighted by molar-refractivity contribution is 5.92. The molecule has 30 heavy (non-hydrogen) atoms. The predicted molar refractivity (Wildman–Crippen MR) is 117 cm³/mol. The predicted octanol–water partition coefficient (Wildman–Crippen LogP) is 4.51. The highest BCUT2D eigenvalue weighted by Crippen LogP contribution is 2.22. The van der Waals surface area contributed by atoms with E-state index in [0.29, 0.717) is 24.8 Å². The molecule has 4 rings (SSSR count). The van der Waals surface area contributed by atoms with Crippen LogP contribution in [0.3, 0.4) is 0 Å². The van der Waals surface area contributed by atoms with E-state index in [-0.39, 0.29) is 11.8 Å². The monoisotopic (exact) mass is 404 g/mol. The third-order valence-corrected chi connectivity index (χ3v) is 5.78. The minimum absolute atomic E-state index is 0.0381. The zero-order valence-corrected chi connectivity index (χ0v) is 17.8. The van der Waals surface area contributed by atoms with Crippen LogP contribution in [-0.4, -0.2) is 34.0 Å². The van der Waals surface area contributed by atoms with Gasteiger partial charge in [0.25, 0.3) is 5.89 Å². The van der Waals surface area contributed by atoms with Crippen molar-refractivity contribution < 1.29 is 9.32 Å². The summed E-state index contributed by atoms with van der Waals surface area (Å²) in [5.74, 6) is 1.23. The second-order valence-electron chi connectivity index (χ2n) is 8.24. The molecular formula is C24H28N4O2. The van der Waals surface area contributed by atoms with Crippen LogP contribution in [0.15, 0.2) is 47.0 Å². The number of benzene rings is 2. The Labute approximate surface area is 177 Å². The first-order valence-corrected chi connectivity index (χ1v) is 10.5. The van der Waals surface area contributed by atoms with Gasteiger partial charge in [0.2, 0.25) is 5.91 Å². The molecule has 1 aliphatic rings. The maximum atomic E-state index is 12.8. The van der Waals surface area contributed by atoms with Crippen LogP contribution in [0.4, 0.5) is 5.69 Å². The quantitative estimate of drug-likeness (QED) is 0.677. The number of aryl methyl sites for hydroxylation is 3. The van der Waals surface area contributed by atoms with Crippen LogP contribution < -0.4 is 5.32 Å². The molecular weight excluding hydrogens is 376 g/mol. The molecule has 1 saturated heterocycles. The van der Waals surface area contributed by atoms with E-state index in [4.69, 9.17) is 4.52 Å². The molecule has 1 atom stereocenters. The molecule has 3 aromatic rings. The summed E-state index contributed by atoms with van der Waals surface area (Å²) >= 11 is 0. The van der Waals surface area contributed by atoms with Gasteiger partial charge in [-0.25, -0.2) is 0 Å². The van der Waals surface area contributed by atoms with Gasteiger partial charge in [-0.05, 0) is 75.5 Å². The molecule has 1 amide bonds. The summed E-state index contributed by atoms with van der Waals surface area (Å²) in [6.07, 6.45) is 1.88. The molecule has 2 heterocycles. The lowest BCUT2D eigenvalue weighted by atomic mass is 9.97. The van der Waals surface area contributed by atoms with Crippen molar-refractivity contribution in [3.8, 4) is 11.5 Å². The summed E-state index contributed by atoms with van der Waals surface area (Å²) in [5, 5.41) is 7.22. The lowest BCUT2D eigenvalue weighted by Gasteiger charge is -2.31. The highest BCUT2D eigenvalue weighted by Gasteiger charge is 2.27. The molecule has 2 aromatic carbocycles. The van der Waals surface area contributed by atoms with Crippen LogP contribution in [0.2, 0.25) is 0 Å². The van der Waals surface area contributed by atoms with Crippen LogP contribution in [0.25, 0.3) is 11.5 Å². The summed E-state index contributed by atoms with van der Waals surface area (Å²) in [7, 11) is 0. The van der Waals surface area contributed by atoms with E-state index < -0.39 is 0 Å². The highest BCUT2D eigenvalue weighted by atomic mass is 16.5. The van der Waals surface area contributed by atoms with Gasteiger partial charge >= 0.3 is 0 Å². The number of nitrogens with zero attached hydrogens (tertiary/aromatic N) is 3. The van der Waals surface area contributed by atoms with E-state index >= 15 is 0 Å². The average molecular weight is 405 g/mol. The number of hydrogen-bond donors (Lipinski definition) is 1. The van der Waals surface area contributed by atoms with Gasteiger partial charge < -0.3 is 9.84 Å². The summed E-state index contributed by atoms with van der Waals surface area (Å²) < 4.78 is 5.44. The third kappa shape index (κ3) is 4.76. The van der Waals surface area contributed by atoms with E-state index in [1.54, 1.807) is 0 Å². The largest absolute Gasteiger partial charge is 0.334 e. The van der Waals surface area contributed by atoms with E-state index in [2.05, 4.69) is 34.2 Å². The zero-order valence-electron chi connectivity index (χ0n) is 17.8. The molecule has 1 aromatic heterocycles. The average Bonchev–Trinajstić information content (AvgIpc) is 3.20. The number of hydrogen-bond acceptors (Lipinski definition) is 5. The van der Waals surface area contributed by atoms with Crippen molar-refractivity contribution in [1.82, 2.24) is 15.0 Å². The molecule has 1 fully saturated rings. The van der Waals surface area contributed by atoms with Crippen LogP contribution >= 0.6 is 0 Å². The Morgan fingerprint density at radius 2 is 1.93 bits per heavy atom. The molecule has 0 bridgehead atoms. The first-order valence-electron chi connectivity index (χ1n) is 10.5. The Morgan fingerprint density at radius 3 is 2.70 bits per heavy atom. The molecule has 0 radical (unpaired) electrons. The fraction of sp³-hybridized carbons (Fsp3) is 0.375.